The van der Waals surface area contributed by atoms with E-state index >= 15 is 0 Å². The summed E-state index contributed by atoms with van der Waals surface area (Å²) < 4.78 is 1.05. The molecule has 0 heterocycles. The van der Waals surface area contributed by atoms with Crippen molar-refractivity contribution in [1.29, 1.82) is 0 Å². The van der Waals surface area contributed by atoms with E-state index in [2.05, 4.69) is 21.2 Å². The van der Waals surface area contributed by atoms with Crippen molar-refractivity contribution >= 4 is 21.8 Å². The van der Waals surface area contributed by atoms with Crippen molar-refractivity contribution in [3.8, 4) is 0 Å². The molecule has 15 heavy (non-hydrogen) atoms. The predicted molar refractivity (Wildman–Crippen MR) is 63.4 cm³/mol. The minimum atomic E-state index is 0.0931. The molecule has 1 atom stereocenters. The second-order valence-corrected chi connectivity index (χ2v) is 4.98. The zero-order valence-corrected chi connectivity index (χ0v) is 10.3. The standard InChI is InChI=1S/C12H14BrNO/c1-8(14-12(15)9-5-6-9)10-3-2-4-11(13)7-10/h2-4,7-9H,5-6H2,1H3,(H,14,15)/t8-/m0/s1. The third-order valence-corrected chi connectivity index (χ3v) is 3.15. The number of amides is 1. The van der Waals surface area contributed by atoms with Crippen molar-refractivity contribution in [2.24, 2.45) is 5.92 Å². The Bertz CT molecular complexity index is 374. The van der Waals surface area contributed by atoms with Gasteiger partial charge in [0.25, 0.3) is 0 Å². The van der Waals surface area contributed by atoms with Crippen LogP contribution in [-0.2, 0) is 4.79 Å². The van der Waals surface area contributed by atoms with Crippen LogP contribution in [0.4, 0.5) is 0 Å². The summed E-state index contributed by atoms with van der Waals surface area (Å²) in [7, 11) is 0. The van der Waals surface area contributed by atoms with Crippen molar-refractivity contribution < 1.29 is 4.79 Å². The van der Waals surface area contributed by atoms with E-state index < -0.39 is 0 Å². The Balaban J connectivity index is 2.00. The van der Waals surface area contributed by atoms with Crippen molar-refractivity contribution in [3.63, 3.8) is 0 Å². The zero-order valence-electron chi connectivity index (χ0n) is 8.66. The number of nitrogens with one attached hydrogen (secondary N) is 1. The Morgan fingerprint density at radius 3 is 2.87 bits per heavy atom. The molecule has 0 spiro atoms. The van der Waals surface area contributed by atoms with Crippen LogP contribution in [0.25, 0.3) is 0 Å². The SMILES string of the molecule is C[C@H](NC(=O)C1CC1)c1cccc(Br)c1. The van der Waals surface area contributed by atoms with Crippen LogP contribution in [0.1, 0.15) is 31.4 Å². The van der Waals surface area contributed by atoms with Crippen LogP contribution in [0.2, 0.25) is 0 Å². The van der Waals surface area contributed by atoms with Crippen LogP contribution in [0, 0.1) is 5.92 Å². The van der Waals surface area contributed by atoms with E-state index in [1.807, 2.05) is 31.2 Å². The lowest BCUT2D eigenvalue weighted by atomic mass is 10.1. The third-order valence-electron chi connectivity index (χ3n) is 2.66. The molecule has 80 valence electrons. The van der Waals surface area contributed by atoms with Gasteiger partial charge in [0, 0.05) is 10.4 Å². The monoisotopic (exact) mass is 267 g/mol. The Morgan fingerprint density at radius 1 is 1.53 bits per heavy atom. The molecule has 1 fully saturated rings. The highest BCUT2D eigenvalue weighted by molar-refractivity contribution is 9.10. The second kappa shape index (κ2) is 4.35. The van der Waals surface area contributed by atoms with Gasteiger partial charge in [-0.2, -0.15) is 0 Å². The summed E-state index contributed by atoms with van der Waals surface area (Å²) in [6.07, 6.45) is 2.11. The number of carbonyl (C=O) groups is 1. The highest BCUT2D eigenvalue weighted by Gasteiger charge is 2.30. The second-order valence-electron chi connectivity index (χ2n) is 4.06. The maximum atomic E-state index is 11.6. The molecular formula is C12H14BrNO. The number of halogens is 1. The molecule has 2 nitrogen and oxygen atoms in total. The molecule has 1 aliphatic carbocycles. The Hall–Kier alpha value is -0.830. The van der Waals surface area contributed by atoms with Gasteiger partial charge in [0.2, 0.25) is 5.91 Å². The van der Waals surface area contributed by atoms with E-state index in [4.69, 9.17) is 0 Å². The van der Waals surface area contributed by atoms with Crippen LogP contribution in [0.15, 0.2) is 28.7 Å². The molecule has 1 aromatic carbocycles. The molecule has 0 saturated heterocycles. The summed E-state index contributed by atoms with van der Waals surface area (Å²) in [6.45, 7) is 2.02. The summed E-state index contributed by atoms with van der Waals surface area (Å²) >= 11 is 3.43. The van der Waals surface area contributed by atoms with Gasteiger partial charge in [0.05, 0.1) is 6.04 Å². The number of hydrogen-bond donors (Lipinski definition) is 1. The van der Waals surface area contributed by atoms with E-state index in [1.54, 1.807) is 0 Å². The van der Waals surface area contributed by atoms with Crippen molar-refractivity contribution in [3.05, 3.63) is 34.3 Å². The first-order valence-corrected chi connectivity index (χ1v) is 6.02. The molecule has 0 bridgehead atoms. The lowest BCUT2D eigenvalue weighted by Gasteiger charge is -2.14. The molecular weight excluding hydrogens is 254 g/mol. The number of carbonyl (C=O) groups excluding carboxylic acids is 1. The molecule has 1 amide bonds. The van der Waals surface area contributed by atoms with Crippen molar-refractivity contribution in [1.82, 2.24) is 5.32 Å². The number of rotatable bonds is 3. The minimum absolute atomic E-state index is 0.0931. The maximum Gasteiger partial charge on any atom is 0.223 e. The quantitative estimate of drug-likeness (QED) is 0.896. The van der Waals surface area contributed by atoms with Crippen LogP contribution in [0.5, 0.6) is 0 Å². The zero-order chi connectivity index (χ0) is 10.8. The van der Waals surface area contributed by atoms with Crippen LogP contribution in [-0.4, -0.2) is 5.91 Å². The summed E-state index contributed by atoms with van der Waals surface area (Å²) in [5, 5.41) is 3.03. The molecule has 0 unspecified atom stereocenters. The van der Waals surface area contributed by atoms with E-state index in [1.165, 1.54) is 0 Å². The van der Waals surface area contributed by atoms with Crippen LogP contribution >= 0.6 is 15.9 Å². The van der Waals surface area contributed by atoms with Crippen molar-refractivity contribution in [2.45, 2.75) is 25.8 Å². The van der Waals surface area contributed by atoms with Gasteiger partial charge in [0.1, 0.15) is 0 Å². The summed E-state index contributed by atoms with van der Waals surface area (Å²) in [4.78, 5) is 11.6. The molecule has 0 aromatic heterocycles. The van der Waals surface area contributed by atoms with Gasteiger partial charge in [0.15, 0.2) is 0 Å². The Morgan fingerprint density at radius 2 is 2.27 bits per heavy atom. The van der Waals surface area contributed by atoms with Gasteiger partial charge in [-0.25, -0.2) is 0 Å². The summed E-state index contributed by atoms with van der Waals surface area (Å²) in [5.41, 5.74) is 1.14. The first-order valence-electron chi connectivity index (χ1n) is 5.22. The Kier molecular flexibility index (Phi) is 3.10. The Labute approximate surface area is 98.2 Å². The molecule has 3 heteroatoms. The van der Waals surface area contributed by atoms with Gasteiger partial charge in [-0.3, -0.25) is 4.79 Å². The maximum absolute atomic E-state index is 11.6. The van der Waals surface area contributed by atoms with E-state index in [0.717, 1.165) is 22.9 Å². The average Bonchev–Trinajstić information content (AvgIpc) is 3.00. The van der Waals surface area contributed by atoms with Gasteiger partial charge in [-0.1, -0.05) is 28.1 Å². The van der Waals surface area contributed by atoms with E-state index in [-0.39, 0.29) is 17.9 Å². The van der Waals surface area contributed by atoms with E-state index in [0.29, 0.717) is 0 Å². The predicted octanol–water partition coefficient (Wildman–Crippen LogP) is 3.04. The average molecular weight is 268 g/mol. The molecule has 0 radical (unpaired) electrons. The van der Waals surface area contributed by atoms with Gasteiger partial charge < -0.3 is 5.32 Å². The highest BCUT2D eigenvalue weighted by atomic mass is 79.9. The fraction of sp³-hybridized carbons (Fsp3) is 0.417. The molecule has 0 aliphatic heterocycles. The van der Waals surface area contributed by atoms with E-state index in [9.17, 15) is 4.79 Å². The summed E-state index contributed by atoms with van der Waals surface area (Å²) in [6, 6.07) is 8.13. The van der Waals surface area contributed by atoms with Crippen LogP contribution in [0.3, 0.4) is 0 Å². The topological polar surface area (TPSA) is 29.1 Å². The highest BCUT2D eigenvalue weighted by Crippen LogP contribution is 2.29. The normalized spacial score (nSPS) is 17.2. The molecule has 1 N–H and O–H groups in total. The van der Waals surface area contributed by atoms with Gasteiger partial charge in [-0.15, -0.1) is 0 Å². The number of hydrogen-bond acceptors (Lipinski definition) is 1. The molecule has 1 aromatic rings. The number of benzene rings is 1. The molecule has 1 aliphatic rings. The minimum Gasteiger partial charge on any atom is -0.349 e. The lowest BCUT2D eigenvalue weighted by Crippen LogP contribution is -2.27. The van der Waals surface area contributed by atoms with Gasteiger partial charge >= 0.3 is 0 Å². The fourth-order valence-corrected chi connectivity index (χ4v) is 1.95. The molecule has 2 rings (SSSR count). The van der Waals surface area contributed by atoms with Crippen LogP contribution < -0.4 is 5.32 Å². The first-order chi connectivity index (χ1) is 7.16. The smallest absolute Gasteiger partial charge is 0.223 e. The summed E-state index contributed by atoms with van der Waals surface area (Å²) in [5.74, 6) is 0.474. The largest absolute Gasteiger partial charge is 0.349 e. The fourth-order valence-electron chi connectivity index (χ4n) is 1.54. The third kappa shape index (κ3) is 2.81. The molecule has 1 saturated carbocycles. The van der Waals surface area contributed by atoms with Gasteiger partial charge in [-0.05, 0) is 37.5 Å². The first kappa shape index (κ1) is 10.7. The van der Waals surface area contributed by atoms with Crippen molar-refractivity contribution in [2.75, 3.05) is 0 Å². The lowest BCUT2D eigenvalue weighted by molar-refractivity contribution is -0.122.